The van der Waals surface area contributed by atoms with E-state index in [1.807, 2.05) is 0 Å². The first-order valence-corrected chi connectivity index (χ1v) is 4.66. The van der Waals surface area contributed by atoms with Crippen LogP contribution in [0.3, 0.4) is 0 Å². The number of hydrogen-bond acceptors (Lipinski definition) is 1. The normalized spacial score (nSPS) is 12.6. The quantitative estimate of drug-likeness (QED) is 0.753. The molecule has 1 rings (SSSR count). The fourth-order valence-electron chi connectivity index (χ4n) is 1.18. The van der Waals surface area contributed by atoms with Gasteiger partial charge >= 0.3 is 12.4 Å². The molecule has 0 aliphatic heterocycles. The van der Waals surface area contributed by atoms with Crippen molar-refractivity contribution >= 4 is 0 Å². The largest absolute Gasteiger partial charge is 0.492 e. The third-order valence-electron chi connectivity index (χ3n) is 1.90. The second-order valence-corrected chi connectivity index (χ2v) is 3.32. The number of hydrogen-bond donors (Lipinski definition) is 0. The Kier molecular flexibility index (Phi) is 4.08. The summed E-state index contributed by atoms with van der Waals surface area (Å²) in [7, 11) is 0. The number of halogens is 7. The van der Waals surface area contributed by atoms with Crippen molar-refractivity contribution in [3.8, 4) is 5.75 Å². The lowest BCUT2D eigenvalue weighted by atomic mass is 10.2. The molecule has 0 heterocycles. The van der Waals surface area contributed by atoms with Crippen LogP contribution in [0.4, 0.5) is 30.7 Å². The summed E-state index contributed by atoms with van der Waals surface area (Å²) in [6.07, 6.45) is -11.0. The minimum atomic E-state index is -5.03. The van der Waals surface area contributed by atoms with Crippen LogP contribution in [0.15, 0.2) is 18.2 Å². The van der Waals surface area contributed by atoms with Crippen molar-refractivity contribution in [2.45, 2.75) is 18.8 Å². The molecule has 1 aromatic carbocycles. The summed E-state index contributed by atoms with van der Waals surface area (Å²) in [5, 5.41) is 0. The Labute approximate surface area is 97.2 Å². The van der Waals surface area contributed by atoms with Gasteiger partial charge in [0.1, 0.15) is 17.1 Å². The fourth-order valence-corrected chi connectivity index (χ4v) is 1.18. The number of rotatable bonds is 3. The third-order valence-corrected chi connectivity index (χ3v) is 1.90. The van der Waals surface area contributed by atoms with Crippen molar-refractivity contribution in [3.05, 3.63) is 29.6 Å². The molecule has 0 radical (unpaired) electrons. The minimum Gasteiger partial charge on any atom is -0.492 e. The molecule has 0 N–H and O–H groups in total. The zero-order valence-electron chi connectivity index (χ0n) is 8.70. The molecule has 0 saturated heterocycles. The smallest absolute Gasteiger partial charge is 0.422 e. The van der Waals surface area contributed by atoms with Gasteiger partial charge in [-0.25, -0.2) is 4.39 Å². The van der Waals surface area contributed by atoms with Crippen LogP contribution in [0.25, 0.3) is 0 Å². The maximum atomic E-state index is 13.0. The van der Waals surface area contributed by atoms with Crippen LogP contribution >= 0.6 is 0 Å². The molecule has 0 aliphatic carbocycles. The molecular weight excluding hydrogens is 269 g/mol. The van der Waals surface area contributed by atoms with E-state index in [2.05, 4.69) is 4.74 Å². The Morgan fingerprint density at radius 1 is 1.00 bits per heavy atom. The van der Waals surface area contributed by atoms with E-state index in [-0.39, 0.29) is 0 Å². The first kappa shape index (κ1) is 14.6. The van der Waals surface area contributed by atoms with Gasteiger partial charge in [-0.15, -0.1) is 0 Å². The SMILES string of the molecule is Fc1cccc(OCCC(F)(F)F)c1C(F)(F)F. The molecule has 0 saturated carbocycles. The summed E-state index contributed by atoms with van der Waals surface area (Å²) in [5.74, 6) is -2.54. The standard InChI is InChI=1S/C10H7F7O/c11-6-2-1-3-7(8(6)10(15,16)17)18-5-4-9(12,13)14/h1-3H,4-5H2. The van der Waals surface area contributed by atoms with Crippen molar-refractivity contribution < 1.29 is 35.5 Å². The molecule has 0 aromatic heterocycles. The molecule has 8 heteroatoms. The van der Waals surface area contributed by atoms with Crippen LogP contribution in [0.1, 0.15) is 12.0 Å². The Morgan fingerprint density at radius 3 is 2.11 bits per heavy atom. The lowest BCUT2D eigenvalue weighted by Crippen LogP contribution is -2.16. The predicted octanol–water partition coefficient (Wildman–Crippen LogP) is 4.18. The first-order valence-electron chi connectivity index (χ1n) is 4.66. The van der Waals surface area contributed by atoms with E-state index in [9.17, 15) is 30.7 Å². The van der Waals surface area contributed by atoms with E-state index >= 15 is 0 Å². The van der Waals surface area contributed by atoms with Gasteiger partial charge in [-0.1, -0.05) is 6.07 Å². The van der Waals surface area contributed by atoms with Crippen LogP contribution in [-0.2, 0) is 6.18 Å². The number of alkyl halides is 6. The maximum absolute atomic E-state index is 13.0. The molecule has 0 atom stereocenters. The molecule has 1 nitrogen and oxygen atoms in total. The van der Waals surface area contributed by atoms with Gasteiger partial charge in [-0.2, -0.15) is 26.3 Å². The zero-order valence-corrected chi connectivity index (χ0v) is 8.70. The van der Waals surface area contributed by atoms with Crippen LogP contribution in [0, 0.1) is 5.82 Å². The van der Waals surface area contributed by atoms with Gasteiger partial charge in [0.05, 0.1) is 13.0 Å². The van der Waals surface area contributed by atoms with Gasteiger partial charge < -0.3 is 4.74 Å². The van der Waals surface area contributed by atoms with E-state index in [4.69, 9.17) is 0 Å². The zero-order chi connectivity index (χ0) is 14.0. The molecule has 1 aromatic rings. The first-order chi connectivity index (χ1) is 8.11. The third kappa shape index (κ3) is 4.08. The van der Waals surface area contributed by atoms with Crippen LogP contribution < -0.4 is 4.74 Å². The van der Waals surface area contributed by atoms with Crippen LogP contribution in [0.2, 0.25) is 0 Å². The Hall–Kier alpha value is -1.47. The lowest BCUT2D eigenvalue weighted by molar-refractivity contribution is -0.144. The van der Waals surface area contributed by atoms with Crippen molar-refractivity contribution in [2.24, 2.45) is 0 Å². The maximum Gasteiger partial charge on any atom is 0.422 e. The minimum absolute atomic E-state index is 0.555. The van der Waals surface area contributed by atoms with Crippen molar-refractivity contribution in [3.63, 3.8) is 0 Å². The summed E-state index contributed by atoms with van der Waals surface area (Å²) >= 11 is 0. The Balaban J connectivity index is 2.87. The average Bonchev–Trinajstić information content (AvgIpc) is 2.13. The van der Waals surface area contributed by atoms with E-state index in [0.29, 0.717) is 6.07 Å². The van der Waals surface area contributed by atoms with Gasteiger partial charge in [-0.05, 0) is 12.1 Å². The second-order valence-electron chi connectivity index (χ2n) is 3.32. The van der Waals surface area contributed by atoms with Crippen LogP contribution in [-0.4, -0.2) is 12.8 Å². The Bertz CT molecular complexity index is 408. The topological polar surface area (TPSA) is 9.23 Å². The summed E-state index contributed by atoms with van der Waals surface area (Å²) in [4.78, 5) is 0. The number of benzene rings is 1. The highest BCUT2D eigenvalue weighted by Crippen LogP contribution is 2.38. The van der Waals surface area contributed by atoms with E-state index in [0.717, 1.165) is 12.1 Å². The van der Waals surface area contributed by atoms with Gasteiger partial charge in [0.2, 0.25) is 0 Å². The molecule has 0 bridgehead atoms. The molecule has 0 aliphatic rings. The predicted molar refractivity (Wildman–Crippen MR) is 47.6 cm³/mol. The van der Waals surface area contributed by atoms with Gasteiger partial charge in [-0.3, -0.25) is 0 Å². The number of ether oxygens (including phenoxy) is 1. The molecule has 102 valence electrons. The fraction of sp³-hybridized carbons (Fsp3) is 0.400. The summed E-state index contributed by atoms with van der Waals surface area (Å²) in [6, 6.07) is 2.25. The van der Waals surface area contributed by atoms with Crippen molar-refractivity contribution in [1.82, 2.24) is 0 Å². The molecule has 0 spiro atoms. The summed E-state index contributed by atoms with van der Waals surface area (Å²) in [5.41, 5.74) is -1.70. The highest BCUT2D eigenvalue weighted by Gasteiger charge is 2.38. The molecule has 0 amide bonds. The van der Waals surface area contributed by atoms with Gasteiger partial charge in [0.15, 0.2) is 0 Å². The van der Waals surface area contributed by atoms with Crippen molar-refractivity contribution in [2.75, 3.05) is 6.61 Å². The van der Waals surface area contributed by atoms with Crippen molar-refractivity contribution in [1.29, 1.82) is 0 Å². The Morgan fingerprint density at radius 2 is 1.61 bits per heavy atom. The lowest BCUT2D eigenvalue weighted by Gasteiger charge is -2.15. The van der Waals surface area contributed by atoms with E-state index in [1.54, 1.807) is 0 Å². The second kappa shape index (κ2) is 5.03. The van der Waals surface area contributed by atoms with E-state index < -0.39 is 42.5 Å². The van der Waals surface area contributed by atoms with Gasteiger partial charge in [0, 0.05) is 0 Å². The molecule has 0 fully saturated rings. The average molecular weight is 276 g/mol. The summed E-state index contributed by atoms with van der Waals surface area (Å²) in [6.45, 7) is -1.00. The highest BCUT2D eigenvalue weighted by atomic mass is 19.4. The van der Waals surface area contributed by atoms with Gasteiger partial charge in [0.25, 0.3) is 0 Å². The summed E-state index contributed by atoms with van der Waals surface area (Å²) < 4.78 is 90.0. The van der Waals surface area contributed by atoms with Crippen LogP contribution in [0.5, 0.6) is 5.75 Å². The monoisotopic (exact) mass is 276 g/mol. The van der Waals surface area contributed by atoms with E-state index in [1.165, 1.54) is 0 Å². The molecule has 0 unspecified atom stereocenters. The molecule has 18 heavy (non-hydrogen) atoms. The highest BCUT2D eigenvalue weighted by molar-refractivity contribution is 5.36. The molecular formula is C10H7F7O.